The lowest BCUT2D eigenvalue weighted by atomic mass is 9.76. The highest BCUT2D eigenvalue weighted by atomic mass is 16.3. The predicted molar refractivity (Wildman–Crippen MR) is 72.3 cm³/mol. The van der Waals surface area contributed by atoms with E-state index in [1.54, 1.807) is 5.56 Å². The lowest BCUT2D eigenvalue weighted by Crippen LogP contribution is -2.15. The molecule has 0 saturated heterocycles. The Morgan fingerprint density at radius 1 is 1.12 bits per heavy atom. The van der Waals surface area contributed by atoms with E-state index in [9.17, 15) is 0 Å². The van der Waals surface area contributed by atoms with Crippen LogP contribution < -0.4 is 0 Å². The molecule has 1 heteroatoms. The summed E-state index contributed by atoms with van der Waals surface area (Å²) in [6, 6.07) is 6.70. The lowest BCUT2D eigenvalue weighted by molar-refractivity contribution is 0.222. The maximum Gasteiger partial charge on any atom is 0.0433 e. The maximum atomic E-state index is 8.98. The highest BCUT2D eigenvalue weighted by molar-refractivity contribution is 5.35. The van der Waals surface area contributed by atoms with Crippen molar-refractivity contribution in [1.82, 2.24) is 0 Å². The molecule has 1 fully saturated rings. The van der Waals surface area contributed by atoms with Crippen molar-refractivity contribution in [2.75, 3.05) is 6.61 Å². The zero-order chi connectivity index (χ0) is 12.3. The van der Waals surface area contributed by atoms with Crippen LogP contribution in [-0.4, -0.2) is 11.7 Å². The van der Waals surface area contributed by atoms with Gasteiger partial charge in [-0.1, -0.05) is 18.2 Å². The largest absolute Gasteiger partial charge is 0.396 e. The molecule has 0 atom stereocenters. The topological polar surface area (TPSA) is 20.2 Å². The van der Waals surface area contributed by atoms with E-state index in [-0.39, 0.29) is 0 Å². The molecule has 0 amide bonds. The Hall–Kier alpha value is -0.820. The molecule has 1 aromatic rings. The van der Waals surface area contributed by atoms with Crippen molar-refractivity contribution in [3.05, 3.63) is 34.9 Å². The zero-order valence-electron chi connectivity index (χ0n) is 11.1. The van der Waals surface area contributed by atoms with Gasteiger partial charge in [0, 0.05) is 6.61 Å². The quantitative estimate of drug-likeness (QED) is 0.836. The Bertz CT molecular complexity index is 362. The number of rotatable bonds is 3. The number of aryl methyl sites for hydroxylation is 1. The average Bonchev–Trinajstić information content (AvgIpc) is 2.34. The molecule has 0 aliphatic heterocycles. The van der Waals surface area contributed by atoms with Gasteiger partial charge in [-0.3, -0.25) is 0 Å². The van der Waals surface area contributed by atoms with Crippen LogP contribution in [0.15, 0.2) is 18.2 Å². The van der Waals surface area contributed by atoms with Crippen LogP contribution in [0.25, 0.3) is 0 Å². The van der Waals surface area contributed by atoms with Gasteiger partial charge in [0.05, 0.1) is 0 Å². The van der Waals surface area contributed by atoms with E-state index in [2.05, 4.69) is 32.0 Å². The summed E-state index contributed by atoms with van der Waals surface area (Å²) < 4.78 is 0. The summed E-state index contributed by atoms with van der Waals surface area (Å²) in [7, 11) is 0. The van der Waals surface area contributed by atoms with Crippen molar-refractivity contribution in [2.45, 2.75) is 51.9 Å². The Balaban J connectivity index is 2.03. The highest BCUT2D eigenvalue weighted by Crippen LogP contribution is 2.38. The summed E-state index contributed by atoms with van der Waals surface area (Å²) >= 11 is 0. The summed E-state index contributed by atoms with van der Waals surface area (Å²) in [6.45, 7) is 4.82. The molecule has 2 rings (SSSR count). The maximum absolute atomic E-state index is 8.98. The van der Waals surface area contributed by atoms with Crippen LogP contribution in [0, 0.1) is 19.8 Å². The lowest BCUT2D eigenvalue weighted by Gasteiger charge is -2.29. The van der Waals surface area contributed by atoms with E-state index in [4.69, 9.17) is 5.11 Å². The molecular formula is C16H24O. The molecule has 1 N–H and O–H groups in total. The van der Waals surface area contributed by atoms with Gasteiger partial charge in [0.25, 0.3) is 0 Å². The fraction of sp³-hybridized carbons (Fsp3) is 0.625. The first kappa shape index (κ1) is 12.6. The average molecular weight is 232 g/mol. The van der Waals surface area contributed by atoms with Crippen LogP contribution in [0.3, 0.4) is 0 Å². The molecule has 17 heavy (non-hydrogen) atoms. The highest BCUT2D eigenvalue weighted by Gasteiger charge is 2.23. The minimum atomic E-state index is 0.360. The van der Waals surface area contributed by atoms with Crippen molar-refractivity contribution >= 4 is 0 Å². The summed E-state index contributed by atoms with van der Waals surface area (Å²) in [5, 5.41) is 8.98. The second-order valence-electron chi connectivity index (χ2n) is 5.52. The number of hydrogen-bond acceptors (Lipinski definition) is 1. The Kier molecular flexibility index (Phi) is 4.22. The first-order chi connectivity index (χ1) is 8.22. The van der Waals surface area contributed by atoms with E-state index in [0.29, 0.717) is 6.61 Å². The molecule has 1 saturated carbocycles. The van der Waals surface area contributed by atoms with Crippen LogP contribution in [0.4, 0.5) is 0 Å². The molecule has 0 aromatic heterocycles. The number of benzene rings is 1. The van der Waals surface area contributed by atoms with Gasteiger partial charge in [-0.05, 0) is 74.5 Å². The second-order valence-corrected chi connectivity index (χ2v) is 5.52. The third kappa shape index (κ3) is 2.90. The third-order valence-corrected chi connectivity index (χ3v) is 4.47. The van der Waals surface area contributed by atoms with Gasteiger partial charge in [0.1, 0.15) is 0 Å². The van der Waals surface area contributed by atoms with Gasteiger partial charge in [0.15, 0.2) is 0 Å². The number of aliphatic hydroxyl groups is 1. The zero-order valence-corrected chi connectivity index (χ0v) is 11.1. The fourth-order valence-corrected chi connectivity index (χ4v) is 3.16. The van der Waals surface area contributed by atoms with Gasteiger partial charge < -0.3 is 5.11 Å². The van der Waals surface area contributed by atoms with Crippen LogP contribution in [0.2, 0.25) is 0 Å². The molecule has 0 bridgehead atoms. The second kappa shape index (κ2) is 5.68. The van der Waals surface area contributed by atoms with Crippen molar-refractivity contribution in [2.24, 2.45) is 5.92 Å². The molecule has 0 spiro atoms. The van der Waals surface area contributed by atoms with Gasteiger partial charge in [-0.25, -0.2) is 0 Å². The van der Waals surface area contributed by atoms with Gasteiger partial charge in [0.2, 0.25) is 0 Å². The normalized spacial score (nSPS) is 24.9. The summed E-state index contributed by atoms with van der Waals surface area (Å²) in [5.41, 5.74) is 4.46. The Morgan fingerprint density at radius 3 is 2.47 bits per heavy atom. The van der Waals surface area contributed by atoms with Gasteiger partial charge >= 0.3 is 0 Å². The summed E-state index contributed by atoms with van der Waals surface area (Å²) in [4.78, 5) is 0. The van der Waals surface area contributed by atoms with Crippen LogP contribution in [0.1, 0.15) is 54.7 Å². The van der Waals surface area contributed by atoms with Crippen molar-refractivity contribution in [1.29, 1.82) is 0 Å². The minimum absolute atomic E-state index is 0.360. The monoisotopic (exact) mass is 232 g/mol. The molecule has 94 valence electrons. The summed E-state index contributed by atoms with van der Waals surface area (Å²) in [5.74, 6) is 1.52. The number of aliphatic hydroxyl groups excluding tert-OH is 1. The van der Waals surface area contributed by atoms with E-state index in [1.807, 2.05) is 0 Å². The van der Waals surface area contributed by atoms with Crippen molar-refractivity contribution in [3.8, 4) is 0 Å². The molecule has 0 unspecified atom stereocenters. The predicted octanol–water partition coefficient (Wildman–Crippen LogP) is 3.96. The molecular weight excluding hydrogens is 208 g/mol. The first-order valence-electron chi connectivity index (χ1n) is 6.89. The van der Waals surface area contributed by atoms with Crippen LogP contribution >= 0.6 is 0 Å². The third-order valence-electron chi connectivity index (χ3n) is 4.47. The first-order valence-corrected chi connectivity index (χ1v) is 6.89. The van der Waals surface area contributed by atoms with Crippen LogP contribution in [0.5, 0.6) is 0 Å². The summed E-state index contributed by atoms with van der Waals surface area (Å²) in [6.07, 6.45) is 6.18. The van der Waals surface area contributed by atoms with Crippen LogP contribution in [-0.2, 0) is 0 Å². The van der Waals surface area contributed by atoms with Gasteiger partial charge in [-0.15, -0.1) is 0 Å². The SMILES string of the molecule is Cc1cccc(C2CCC(CCO)CC2)c1C. The standard InChI is InChI=1S/C16H24O/c1-12-4-3-5-16(13(12)2)15-8-6-14(7-9-15)10-11-17/h3-5,14-15,17H,6-11H2,1-2H3. The molecule has 1 aliphatic rings. The van der Waals surface area contributed by atoms with Gasteiger partial charge in [-0.2, -0.15) is 0 Å². The molecule has 0 heterocycles. The van der Waals surface area contributed by atoms with E-state index < -0.39 is 0 Å². The van der Waals surface area contributed by atoms with E-state index in [1.165, 1.54) is 36.8 Å². The van der Waals surface area contributed by atoms with Crippen molar-refractivity contribution in [3.63, 3.8) is 0 Å². The molecule has 1 nitrogen and oxygen atoms in total. The Labute approximate surface area is 105 Å². The molecule has 1 aliphatic carbocycles. The Morgan fingerprint density at radius 2 is 1.82 bits per heavy atom. The van der Waals surface area contributed by atoms with E-state index in [0.717, 1.165) is 18.3 Å². The number of hydrogen-bond donors (Lipinski definition) is 1. The smallest absolute Gasteiger partial charge is 0.0433 e. The van der Waals surface area contributed by atoms with E-state index >= 15 is 0 Å². The molecule has 1 aromatic carbocycles. The van der Waals surface area contributed by atoms with Crippen molar-refractivity contribution < 1.29 is 5.11 Å². The fourth-order valence-electron chi connectivity index (χ4n) is 3.16. The molecule has 0 radical (unpaired) electrons. The minimum Gasteiger partial charge on any atom is -0.396 e.